The molecule has 0 aromatic rings. The molecule has 0 bridgehead atoms. The van der Waals surface area contributed by atoms with Gasteiger partial charge in [-0.1, -0.05) is 5.92 Å². The van der Waals surface area contributed by atoms with Gasteiger partial charge in [-0.3, -0.25) is 0 Å². The molecule has 0 N–H and O–H groups in total. The highest BCUT2D eigenvalue weighted by Crippen LogP contribution is 2.24. The molecule has 0 heterocycles. The van der Waals surface area contributed by atoms with E-state index in [4.69, 9.17) is 4.74 Å². The highest BCUT2D eigenvalue weighted by Gasteiger charge is 2.28. The molecule has 0 aliphatic heterocycles. The first-order chi connectivity index (χ1) is 7.53. The Morgan fingerprint density at radius 3 is 2.94 bits per heavy atom. The minimum atomic E-state index is -2.94. The van der Waals surface area contributed by atoms with Crippen LogP contribution in [0.5, 0.6) is 0 Å². The van der Waals surface area contributed by atoms with Gasteiger partial charge in [0.2, 0.25) is 0 Å². The van der Waals surface area contributed by atoms with Crippen LogP contribution < -0.4 is 0 Å². The maximum atomic E-state index is 13.0. The zero-order chi connectivity index (χ0) is 12.0. The third-order valence-electron chi connectivity index (χ3n) is 2.31. The van der Waals surface area contributed by atoms with Gasteiger partial charge in [0.05, 0.1) is 13.2 Å². The summed E-state index contributed by atoms with van der Waals surface area (Å²) in [7, 11) is 1.25. The highest BCUT2D eigenvalue weighted by atomic mass is 19.3. The standard InChI is InChI=1S/C11H14F2O3/c1-15-10(14)8-16-9-4-2-3-6-11(12,13)7-5-9/h9H,2,4-5,7-8H2,1H3. The van der Waals surface area contributed by atoms with Crippen molar-refractivity contribution in [2.75, 3.05) is 13.7 Å². The molecule has 3 nitrogen and oxygen atoms in total. The highest BCUT2D eigenvalue weighted by molar-refractivity contribution is 5.70. The maximum Gasteiger partial charge on any atom is 0.331 e. The van der Waals surface area contributed by atoms with Gasteiger partial charge in [-0.15, -0.1) is 0 Å². The van der Waals surface area contributed by atoms with Crippen LogP contribution in [0.4, 0.5) is 8.78 Å². The Morgan fingerprint density at radius 2 is 2.25 bits per heavy atom. The van der Waals surface area contributed by atoms with E-state index < -0.39 is 11.9 Å². The van der Waals surface area contributed by atoms with Gasteiger partial charge in [0.25, 0.3) is 0 Å². The Balaban J connectivity index is 2.41. The zero-order valence-corrected chi connectivity index (χ0v) is 9.09. The second-order valence-corrected chi connectivity index (χ2v) is 3.59. The minimum Gasteiger partial charge on any atom is -0.467 e. The van der Waals surface area contributed by atoms with E-state index in [1.54, 1.807) is 0 Å². The quantitative estimate of drug-likeness (QED) is 0.549. The molecule has 1 unspecified atom stereocenters. The minimum absolute atomic E-state index is 0.194. The fraction of sp³-hybridized carbons (Fsp3) is 0.727. The number of halogens is 2. The smallest absolute Gasteiger partial charge is 0.331 e. The van der Waals surface area contributed by atoms with Gasteiger partial charge in [-0.05, 0) is 18.8 Å². The number of ether oxygens (including phenoxy) is 2. The number of carbonyl (C=O) groups is 1. The van der Waals surface area contributed by atoms with E-state index >= 15 is 0 Å². The van der Waals surface area contributed by atoms with E-state index in [-0.39, 0.29) is 25.6 Å². The lowest BCUT2D eigenvalue weighted by molar-refractivity contribution is -0.148. The van der Waals surface area contributed by atoms with Crippen molar-refractivity contribution in [1.29, 1.82) is 0 Å². The summed E-state index contributed by atoms with van der Waals surface area (Å²) in [4.78, 5) is 10.8. The van der Waals surface area contributed by atoms with Crippen LogP contribution in [0.2, 0.25) is 0 Å². The largest absolute Gasteiger partial charge is 0.467 e. The Hall–Kier alpha value is -1.15. The van der Waals surface area contributed by atoms with Gasteiger partial charge < -0.3 is 9.47 Å². The van der Waals surface area contributed by atoms with E-state index in [0.29, 0.717) is 12.8 Å². The molecule has 0 saturated carbocycles. The second-order valence-electron chi connectivity index (χ2n) is 3.59. The molecule has 0 fully saturated rings. The van der Waals surface area contributed by atoms with Crippen molar-refractivity contribution in [3.05, 3.63) is 0 Å². The SMILES string of the molecule is COC(=O)COC1CCC#CC(F)(F)CC1. The summed E-state index contributed by atoms with van der Waals surface area (Å²) in [5.41, 5.74) is 0. The summed E-state index contributed by atoms with van der Waals surface area (Å²) in [5, 5.41) is 0. The van der Waals surface area contributed by atoms with Crippen molar-refractivity contribution in [3.63, 3.8) is 0 Å². The Labute approximate surface area is 93.1 Å². The molecule has 5 heteroatoms. The van der Waals surface area contributed by atoms with Crippen LogP contribution in [0.1, 0.15) is 25.7 Å². The van der Waals surface area contributed by atoms with Gasteiger partial charge in [-0.25, -0.2) is 4.79 Å². The topological polar surface area (TPSA) is 35.5 Å². The van der Waals surface area contributed by atoms with Crippen LogP contribution in [-0.4, -0.2) is 31.7 Å². The Morgan fingerprint density at radius 1 is 1.50 bits per heavy atom. The summed E-state index contributed by atoms with van der Waals surface area (Å²) >= 11 is 0. The Kier molecular flexibility index (Phi) is 4.69. The fourth-order valence-corrected chi connectivity index (χ4v) is 1.39. The third-order valence-corrected chi connectivity index (χ3v) is 2.31. The number of methoxy groups -OCH3 is 1. The van der Waals surface area contributed by atoms with Gasteiger partial charge in [-0.2, -0.15) is 8.78 Å². The van der Waals surface area contributed by atoms with E-state index in [9.17, 15) is 13.6 Å². The predicted octanol–water partition coefficient (Wildman–Crippen LogP) is 1.76. The molecule has 0 spiro atoms. The van der Waals surface area contributed by atoms with Crippen LogP contribution >= 0.6 is 0 Å². The number of hydrogen-bond donors (Lipinski definition) is 0. The lowest BCUT2D eigenvalue weighted by atomic mass is 10.0. The van der Waals surface area contributed by atoms with Crippen molar-refractivity contribution < 1.29 is 23.0 Å². The van der Waals surface area contributed by atoms with E-state index in [2.05, 4.69) is 10.7 Å². The number of alkyl halides is 2. The van der Waals surface area contributed by atoms with Crippen molar-refractivity contribution >= 4 is 5.97 Å². The van der Waals surface area contributed by atoms with Crippen molar-refractivity contribution in [2.24, 2.45) is 0 Å². The van der Waals surface area contributed by atoms with Crippen molar-refractivity contribution in [3.8, 4) is 11.8 Å². The molecule has 0 radical (unpaired) electrons. The van der Waals surface area contributed by atoms with E-state index in [0.717, 1.165) is 0 Å². The first-order valence-electron chi connectivity index (χ1n) is 5.10. The maximum absolute atomic E-state index is 13.0. The van der Waals surface area contributed by atoms with Gasteiger partial charge in [0.15, 0.2) is 0 Å². The number of carbonyl (C=O) groups excluding carboxylic acids is 1. The summed E-state index contributed by atoms with van der Waals surface area (Å²) in [6.45, 7) is -0.194. The van der Waals surface area contributed by atoms with E-state index in [1.807, 2.05) is 5.92 Å². The van der Waals surface area contributed by atoms with Crippen LogP contribution in [0.15, 0.2) is 0 Å². The molecule has 1 atom stereocenters. The molecule has 1 aliphatic carbocycles. The number of hydrogen-bond acceptors (Lipinski definition) is 3. The number of esters is 1. The molecule has 16 heavy (non-hydrogen) atoms. The number of rotatable bonds is 3. The molecular weight excluding hydrogens is 218 g/mol. The molecule has 0 aromatic carbocycles. The van der Waals surface area contributed by atoms with Crippen molar-refractivity contribution in [1.82, 2.24) is 0 Å². The fourth-order valence-electron chi connectivity index (χ4n) is 1.39. The zero-order valence-electron chi connectivity index (χ0n) is 9.09. The van der Waals surface area contributed by atoms with Crippen molar-refractivity contribution in [2.45, 2.75) is 37.7 Å². The average Bonchev–Trinajstić information content (AvgIpc) is 2.23. The third kappa shape index (κ3) is 4.58. The van der Waals surface area contributed by atoms with Crippen LogP contribution in [0.25, 0.3) is 0 Å². The van der Waals surface area contributed by atoms with Crippen LogP contribution in [0.3, 0.4) is 0 Å². The lowest BCUT2D eigenvalue weighted by Crippen LogP contribution is -2.24. The first-order valence-corrected chi connectivity index (χ1v) is 5.10. The van der Waals surface area contributed by atoms with Crippen LogP contribution in [-0.2, 0) is 14.3 Å². The normalized spacial score (nSPS) is 23.6. The van der Waals surface area contributed by atoms with Gasteiger partial charge in [0.1, 0.15) is 6.61 Å². The van der Waals surface area contributed by atoms with Crippen LogP contribution in [0, 0.1) is 11.8 Å². The summed E-state index contributed by atoms with van der Waals surface area (Å²) in [6, 6.07) is 0. The monoisotopic (exact) mass is 232 g/mol. The summed E-state index contributed by atoms with van der Waals surface area (Å²) < 4.78 is 35.5. The lowest BCUT2D eigenvalue weighted by Gasteiger charge is -2.19. The first kappa shape index (κ1) is 12.9. The summed E-state index contributed by atoms with van der Waals surface area (Å²) in [6.07, 6.45) is 0.464. The molecule has 90 valence electrons. The molecule has 0 amide bonds. The van der Waals surface area contributed by atoms with Gasteiger partial charge in [0, 0.05) is 12.8 Å². The van der Waals surface area contributed by atoms with Gasteiger partial charge >= 0.3 is 11.9 Å². The average molecular weight is 232 g/mol. The van der Waals surface area contributed by atoms with E-state index in [1.165, 1.54) is 7.11 Å². The molecule has 1 aliphatic rings. The second kappa shape index (κ2) is 5.80. The Bertz CT molecular complexity index is 304. The molecular formula is C11H14F2O3. The molecule has 0 aromatic heterocycles. The predicted molar refractivity (Wildman–Crippen MR) is 52.9 cm³/mol. The molecule has 0 saturated heterocycles. The summed E-state index contributed by atoms with van der Waals surface area (Å²) in [5.74, 6) is 0.903. The molecule has 1 rings (SSSR count).